The first-order valence-electron chi connectivity index (χ1n) is 10.1. The predicted molar refractivity (Wildman–Crippen MR) is 128 cm³/mol. The minimum absolute atomic E-state index is 0.0573. The summed E-state index contributed by atoms with van der Waals surface area (Å²) < 4.78 is 43.3. The third-order valence-corrected chi connectivity index (χ3v) is 7.10. The molecule has 0 aliphatic carbocycles. The van der Waals surface area contributed by atoms with Crippen molar-refractivity contribution in [1.82, 2.24) is 4.98 Å². The van der Waals surface area contributed by atoms with Crippen molar-refractivity contribution in [2.24, 2.45) is 0 Å². The van der Waals surface area contributed by atoms with Gasteiger partial charge in [0.05, 0.1) is 37.4 Å². The molecule has 0 atom stereocenters. The molecule has 0 saturated heterocycles. The van der Waals surface area contributed by atoms with Crippen LogP contribution >= 0.6 is 0 Å². The van der Waals surface area contributed by atoms with Gasteiger partial charge in [-0.1, -0.05) is 17.7 Å². The Morgan fingerprint density at radius 1 is 0.818 bits per heavy atom. The van der Waals surface area contributed by atoms with E-state index < -0.39 is 9.84 Å². The zero-order chi connectivity index (χ0) is 23.6. The number of ether oxygens (including phenoxy) is 3. The first kappa shape index (κ1) is 22.4. The predicted octanol–water partition coefficient (Wildman–Crippen LogP) is 5.15. The third-order valence-electron chi connectivity index (χ3n) is 5.31. The molecule has 0 saturated carbocycles. The van der Waals surface area contributed by atoms with E-state index in [-0.39, 0.29) is 9.79 Å². The minimum Gasteiger partial charge on any atom is -0.497 e. The molecule has 1 N–H and O–H groups in total. The number of methoxy groups -OCH3 is 3. The van der Waals surface area contributed by atoms with Gasteiger partial charge in [-0.15, -0.1) is 0 Å². The number of aromatic nitrogens is 1. The summed E-state index contributed by atoms with van der Waals surface area (Å²) >= 11 is 0. The van der Waals surface area contributed by atoms with Gasteiger partial charge in [-0.05, 0) is 49.4 Å². The maximum atomic E-state index is 13.6. The van der Waals surface area contributed by atoms with Crippen LogP contribution in [0.5, 0.6) is 17.2 Å². The SMILES string of the molecule is COc1ccc2ncc(S(=O)(=O)c3ccc(C)cc3)c(Nc3ccc(OC)c(OC)c3)c2c1. The number of sulfone groups is 1. The van der Waals surface area contributed by atoms with Gasteiger partial charge in [-0.2, -0.15) is 0 Å². The molecule has 0 aliphatic heterocycles. The minimum atomic E-state index is -3.87. The van der Waals surface area contributed by atoms with E-state index >= 15 is 0 Å². The number of nitrogens with one attached hydrogen (secondary N) is 1. The number of benzene rings is 3. The topological polar surface area (TPSA) is 86.8 Å². The summed E-state index contributed by atoms with van der Waals surface area (Å²) in [5.74, 6) is 1.67. The Balaban J connectivity index is 1.94. The van der Waals surface area contributed by atoms with E-state index in [1.165, 1.54) is 6.20 Å². The number of hydrogen-bond acceptors (Lipinski definition) is 7. The molecule has 3 aromatic carbocycles. The van der Waals surface area contributed by atoms with Gasteiger partial charge >= 0.3 is 0 Å². The van der Waals surface area contributed by atoms with Gasteiger partial charge in [-0.3, -0.25) is 4.98 Å². The largest absolute Gasteiger partial charge is 0.497 e. The van der Waals surface area contributed by atoms with Crippen LogP contribution in [0, 0.1) is 6.92 Å². The van der Waals surface area contributed by atoms with Crippen LogP contribution in [0.2, 0.25) is 0 Å². The van der Waals surface area contributed by atoms with Crippen LogP contribution < -0.4 is 19.5 Å². The molecule has 0 radical (unpaired) electrons. The van der Waals surface area contributed by atoms with Crippen molar-refractivity contribution in [3.05, 3.63) is 72.4 Å². The standard InChI is InChI=1S/C25H24N2O5S/c1-16-5-9-19(10-6-16)33(28,29)24-15-26-21-11-8-18(30-2)14-20(21)25(24)27-17-7-12-22(31-3)23(13-17)32-4/h5-15H,1-4H3,(H,26,27). The maximum absolute atomic E-state index is 13.6. The summed E-state index contributed by atoms with van der Waals surface area (Å²) in [4.78, 5) is 4.65. The van der Waals surface area contributed by atoms with Gasteiger partial charge in [0.15, 0.2) is 11.5 Å². The van der Waals surface area contributed by atoms with E-state index in [2.05, 4.69) is 10.3 Å². The highest BCUT2D eigenvalue weighted by molar-refractivity contribution is 7.91. The first-order chi connectivity index (χ1) is 15.9. The second kappa shape index (κ2) is 8.99. The Labute approximate surface area is 192 Å². The number of rotatable bonds is 7. The fourth-order valence-corrected chi connectivity index (χ4v) is 4.89. The highest BCUT2D eigenvalue weighted by Crippen LogP contribution is 2.38. The van der Waals surface area contributed by atoms with Crippen molar-refractivity contribution in [2.45, 2.75) is 16.7 Å². The highest BCUT2D eigenvalue weighted by atomic mass is 32.2. The number of fused-ring (bicyclic) bond motifs is 1. The van der Waals surface area contributed by atoms with Crippen molar-refractivity contribution >= 4 is 32.1 Å². The van der Waals surface area contributed by atoms with Gasteiger partial charge in [-0.25, -0.2) is 8.42 Å². The number of nitrogens with zero attached hydrogens (tertiary/aromatic N) is 1. The van der Waals surface area contributed by atoms with Crippen molar-refractivity contribution in [2.75, 3.05) is 26.6 Å². The van der Waals surface area contributed by atoms with Gasteiger partial charge in [0.2, 0.25) is 9.84 Å². The number of hydrogen-bond donors (Lipinski definition) is 1. The lowest BCUT2D eigenvalue weighted by atomic mass is 10.1. The molecule has 0 spiro atoms. The average molecular weight is 465 g/mol. The zero-order valence-electron chi connectivity index (χ0n) is 18.7. The van der Waals surface area contributed by atoms with Gasteiger partial charge < -0.3 is 19.5 Å². The van der Waals surface area contributed by atoms with Crippen LogP contribution in [0.1, 0.15) is 5.56 Å². The molecule has 1 heterocycles. The smallest absolute Gasteiger partial charge is 0.210 e. The first-order valence-corrected chi connectivity index (χ1v) is 11.6. The van der Waals surface area contributed by atoms with Crippen LogP contribution in [0.4, 0.5) is 11.4 Å². The molecular weight excluding hydrogens is 440 g/mol. The van der Waals surface area contributed by atoms with E-state index in [0.29, 0.717) is 39.5 Å². The second-order valence-electron chi connectivity index (χ2n) is 7.39. The van der Waals surface area contributed by atoms with Crippen LogP contribution in [0.25, 0.3) is 10.9 Å². The van der Waals surface area contributed by atoms with Crippen LogP contribution in [-0.2, 0) is 9.84 Å². The summed E-state index contributed by atoms with van der Waals surface area (Å²) in [7, 11) is 0.789. The normalized spacial score (nSPS) is 11.3. The fourth-order valence-electron chi connectivity index (χ4n) is 3.52. The average Bonchev–Trinajstić information content (AvgIpc) is 2.83. The van der Waals surface area contributed by atoms with Crippen LogP contribution in [0.15, 0.2) is 76.7 Å². The lowest BCUT2D eigenvalue weighted by Gasteiger charge is -2.17. The van der Waals surface area contributed by atoms with Crippen molar-refractivity contribution in [3.8, 4) is 17.2 Å². The molecule has 1 aromatic heterocycles. The molecular formula is C25H24N2O5S. The Morgan fingerprint density at radius 2 is 1.55 bits per heavy atom. The second-order valence-corrected chi connectivity index (χ2v) is 9.31. The molecule has 0 amide bonds. The number of anilines is 2. The van der Waals surface area contributed by atoms with E-state index in [4.69, 9.17) is 14.2 Å². The van der Waals surface area contributed by atoms with Crippen LogP contribution in [-0.4, -0.2) is 34.7 Å². The summed E-state index contributed by atoms with van der Waals surface area (Å²) in [6, 6.07) is 17.3. The highest BCUT2D eigenvalue weighted by Gasteiger charge is 2.24. The molecule has 33 heavy (non-hydrogen) atoms. The molecule has 0 fully saturated rings. The van der Waals surface area contributed by atoms with Gasteiger partial charge in [0.1, 0.15) is 10.6 Å². The maximum Gasteiger partial charge on any atom is 0.210 e. The zero-order valence-corrected chi connectivity index (χ0v) is 19.6. The summed E-state index contributed by atoms with van der Waals surface area (Å²) in [6.07, 6.45) is 1.38. The monoisotopic (exact) mass is 464 g/mol. The van der Waals surface area contributed by atoms with E-state index in [0.717, 1.165) is 5.56 Å². The lowest BCUT2D eigenvalue weighted by Crippen LogP contribution is -2.07. The Morgan fingerprint density at radius 3 is 2.21 bits per heavy atom. The molecule has 0 bridgehead atoms. The Bertz CT molecular complexity index is 1420. The quantitative estimate of drug-likeness (QED) is 0.405. The molecule has 4 aromatic rings. The number of aryl methyl sites for hydroxylation is 1. The number of pyridine rings is 1. The Hall–Kier alpha value is -3.78. The van der Waals surface area contributed by atoms with Crippen molar-refractivity contribution in [1.29, 1.82) is 0 Å². The molecule has 0 unspecified atom stereocenters. The summed E-state index contributed by atoms with van der Waals surface area (Å²) in [5, 5.41) is 3.88. The van der Waals surface area contributed by atoms with E-state index in [9.17, 15) is 8.42 Å². The fraction of sp³-hybridized carbons (Fsp3) is 0.160. The molecule has 7 nitrogen and oxygen atoms in total. The van der Waals surface area contributed by atoms with Gasteiger partial charge in [0.25, 0.3) is 0 Å². The Kier molecular flexibility index (Phi) is 6.11. The molecule has 170 valence electrons. The van der Waals surface area contributed by atoms with Crippen molar-refractivity contribution in [3.63, 3.8) is 0 Å². The third kappa shape index (κ3) is 4.29. The molecule has 4 rings (SSSR count). The molecule has 8 heteroatoms. The summed E-state index contributed by atoms with van der Waals surface area (Å²) in [5.41, 5.74) is 2.62. The van der Waals surface area contributed by atoms with E-state index in [1.54, 1.807) is 82.0 Å². The van der Waals surface area contributed by atoms with Crippen LogP contribution in [0.3, 0.4) is 0 Å². The lowest BCUT2D eigenvalue weighted by molar-refractivity contribution is 0.355. The van der Waals surface area contributed by atoms with Gasteiger partial charge in [0, 0.05) is 23.3 Å². The summed E-state index contributed by atoms with van der Waals surface area (Å²) in [6.45, 7) is 1.91. The van der Waals surface area contributed by atoms with Crippen molar-refractivity contribution < 1.29 is 22.6 Å². The van der Waals surface area contributed by atoms with E-state index in [1.807, 2.05) is 6.92 Å². The molecule has 0 aliphatic rings.